The molecule has 0 radical (unpaired) electrons. The van der Waals surface area contributed by atoms with E-state index < -0.39 is 16.1 Å². The molecule has 1 unspecified atom stereocenters. The van der Waals surface area contributed by atoms with Crippen LogP contribution < -0.4 is 4.72 Å². The minimum Gasteiger partial charge on any atom is -0.388 e. The lowest BCUT2D eigenvalue weighted by Crippen LogP contribution is -2.25. The van der Waals surface area contributed by atoms with Gasteiger partial charge in [-0.15, -0.1) is 0 Å². The highest BCUT2D eigenvalue weighted by atomic mass is 32.2. The molecule has 0 spiro atoms. The van der Waals surface area contributed by atoms with Crippen molar-refractivity contribution < 1.29 is 13.5 Å². The maximum absolute atomic E-state index is 12.2. The zero-order chi connectivity index (χ0) is 14.6. The van der Waals surface area contributed by atoms with E-state index in [2.05, 4.69) is 4.72 Å². The van der Waals surface area contributed by atoms with Gasteiger partial charge in [-0.2, -0.15) is 0 Å². The monoisotopic (exact) mass is 297 g/mol. The molecule has 0 amide bonds. The Morgan fingerprint density at radius 2 is 2.05 bits per heavy atom. The molecule has 0 bridgehead atoms. The number of benzene rings is 1. The third kappa shape index (κ3) is 3.73. The molecule has 2 rings (SSSR count). The molecular weight excluding hydrogens is 274 g/mol. The van der Waals surface area contributed by atoms with Crippen LogP contribution in [0.1, 0.15) is 57.1 Å². The van der Waals surface area contributed by atoms with Crippen LogP contribution in [0.25, 0.3) is 0 Å². The second-order valence-electron chi connectivity index (χ2n) is 5.48. The minimum absolute atomic E-state index is 0.272. The van der Waals surface area contributed by atoms with Gasteiger partial charge in [-0.3, -0.25) is 4.72 Å². The maximum atomic E-state index is 12.2. The highest BCUT2D eigenvalue weighted by Crippen LogP contribution is 2.27. The molecule has 5 heteroatoms. The van der Waals surface area contributed by atoms with E-state index in [1.807, 2.05) is 13.0 Å². The fraction of sp³-hybridized carbons (Fsp3) is 0.600. The molecule has 1 saturated carbocycles. The number of rotatable bonds is 6. The van der Waals surface area contributed by atoms with Gasteiger partial charge < -0.3 is 5.11 Å². The topological polar surface area (TPSA) is 66.4 Å². The van der Waals surface area contributed by atoms with E-state index in [1.165, 1.54) is 0 Å². The Hall–Kier alpha value is -1.07. The summed E-state index contributed by atoms with van der Waals surface area (Å²) in [6.45, 7) is 2.01. The van der Waals surface area contributed by atoms with Crippen molar-refractivity contribution in [3.05, 3.63) is 29.8 Å². The van der Waals surface area contributed by atoms with Crippen LogP contribution >= 0.6 is 0 Å². The summed E-state index contributed by atoms with van der Waals surface area (Å²) in [5, 5.41) is 9.71. The second kappa shape index (κ2) is 6.59. The van der Waals surface area contributed by atoms with E-state index in [0.29, 0.717) is 12.1 Å². The number of aliphatic hydroxyl groups excluding tert-OH is 1. The molecule has 0 saturated heterocycles. The summed E-state index contributed by atoms with van der Waals surface area (Å²) in [5.74, 6) is 0. The molecule has 0 heterocycles. The second-order valence-corrected chi connectivity index (χ2v) is 7.44. The van der Waals surface area contributed by atoms with Crippen LogP contribution in [0.2, 0.25) is 0 Å². The average Bonchev–Trinajstić information content (AvgIpc) is 2.93. The van der Waals surface area contributed by atoms with E-state index in [1.54, 1.807) is 18.2 Å². The molecule has 0 aromatic heterocycles. The highest BCUT2D eigenvalue weighted by molar-refractivity contribution is 7.93. The lowest BCUT2D eigenvalue weighted by molar-refractivity contribution is 0.166. The zero-order valence-electron chi connectivity index (χ0n) is 11.9. The van der Waals surface area contributed by atoms with Crippen molar-refractivity contribution in [1.29, 1.82) is 0 Å². The van der Waals surface area contributed by atoms with Crippen molar-refractivity contribution in [3.8, 4) is 0 Å². The first-order chi connectivity index (χ1) is 9.53. The van der Waals surface area contributed by atoms with Crippen LogP contribution in [0.3, 0.4) is 0 Å². The molecule has 20 heavy (non-hydrogen) atoms. The minimum atomic E-state index is -3.30. The van der Waals surface area contributed by atoms with Gasteiger partial charge in [-0.05, 0) is 37.0 Å². The van der Waals surface area contributed by atoms with Gasteiger partial charge in [-0.25, -0.2) is 8.42 Å². The Kier molecular flexibility index (Phi) is 5.05. The van der Waals surface area contributed by atoms with Crippen molar-refractivity contribution in [3.63, 3.8) is 0 Å². The van der Waals surface area contributed by atoms with Gasteiger partial charge in [0.2, 0.25) is 10.0 Å². The van der Waals surface area contributed by atoms with Gasteiger partial charge in [0, 0.05) is 5.69 Å². The van der Waals surface area contributed by atoms with Crippen molar-refractivity contribution in [2.75, 3.05) is 4.72 Å². The van der Waals surface area contributed by atoms with Crippen molar-refractivity contribution in [2.45, 2.75) is 56.8 Å². The van der Waals surface area contributed by atoms with E-state index >= 15 is 0 Å². The number of nitrogens with one attached hydrogen (secondary N) is 1. The molecule has 1 aliphatic carbocycles. The molecular formula is C15H23NO3S. The Morgan fingerprint density at radius 1 is 1.35 bits per heavy atom. The molecule has 0 aliphatic heterocycles. The third-order valence-electron chi connectivity index (χ3n) is 3.83. The summed E-state index contributed by atoms with van der Waals surface area (Å²) in [7, 11) is -3.30. The number of hydrogen-bond donors (Lipinski definition) is 2. The summed E-state index contributed by atoms with van der Waals surface area (Å²) in [6.07, 6.45) is 4.50. The fourth-order valence-electron chi connectivity index (χ4n) is 2.70. The Labute approximate surface area is 121 Å². The molecule has 1 aliphatic rings. The molecule has 1 fully saturated rings. The van der Waals surface area contributed by atoms with E-state index in [4.69, 9.17) is 0 Å². The van der Waals surface area contributed by atoms with E-state index in [9.17, 15) is 13.5 Å². The van der Waals surface area contributed by atoms with Gasteiger partial charge in [-0.1, -0.05) is 38.3 Å². The standard InChI is InChI=1S/C15H23NO3S/c1-2-6-15(17)12-7-5-8-13(11-12)16-20(18,19)14-9-3-4-10-14/h5,7-8,11,14-17H,2-4,6,9-10H2,1H3. The summed E-state index contributed by atoms with van der Waals surface area (Å²) >= 11 is 0. The number of hydrogen-bond acceptors (Lipinski definition) is 3. The number of aliphatic hydroxyl groups is 1. The summed E-state index contributed by atoms with van der Waals surface area (Å²) in [6, 6.07) is 7.07. The van der Waals surface area contributed by atoms with Crippen LogP contribution in [-0.2, 0) is 10.0 Å². The van der Waals surface area contributed by atoms with Gasteiger partial charge >= 0.3 is 0 Å². The van der Waals surface area contributed by atoms with Gasteiger partial charge in [0.25, 0.3) is 0 Å². The molecule has 4 nitrogen and oxygen atoms in total. The Bertz CT molecular complexity index is 536. The first-order valence-corrected chi connectivity index (χ1v) is 8.87. The first-order valence-electron chi connectivity index (χ1n) is 7.32. The summed E-state index contributed by atoms with van der Waals surface area (Å²) < 4.78 is 27.1. The Balaban J connectivity index is 2.11. The van der Waals surface area contributed by atoms with Crippen LogP contribution in [0.5, 0.6) is 0 Å². The summed E-state index contributed by atoms with van der Waals surface area (Å²) in [5.41, 5.74) is 1.31. The van der Waals surface area contributed by atoms with Crippen LogP contribution in [0.4, 0.5) is 5.69 Å². The fourth-order valence-corrected chi connectivity index (χ4v) is 4.27. The van der Waals surface area contributed by atoms with Crippen molar-refractivity contribution in [1.82, 2.24) is 0 Å². The van der Waals surface area contributed by atoms with Crippen LogP contribution in [0, 0.1) is 0 Å². The smallest absolute Gasteiger partial charge is 0.235 e. The van der Waals surface area contributed by atoms with Gasteiger partial charge in [0.15, 0.2) is 0 Å². The normalized spacial score (nSPS) is 18.1. The molecule has 1 atom stereocenters. The maximum Gasteiger partial charge on any atom is 0.235 e. The largest absolute Gasteiger partial charge is 0.388 e. The van der Waals surface area contributed by atoms with Crippen LogP contribution in [-0.4, -0.2) is 18.8 Å². The third-order valence-corrected chi connectivity index (χ3v) is 5.70. The first kappa shape index (κ1) is 15.3. The van der Waals surface area contributed by atoms with Crippen molar-refractivity contribution in [2.24, 2.45) is 0 Å². The lowest BCUT2D eigenvalue weighted by atomic mass is 10.1. The highest BCUT2D eigenvalue weighted by Gasteiger charge is 2.28. The van der Waals surface area contributed by atoms with E-state index in [0.717, 1.165) is 37.7 Å². The lowest BCUT2D eigenvalue weighted by Gasteiger charge is -2.15. The number of sulfonamides is 1. The number of anilines is 1. The molecule has 112 valence electrons. The summed E-state index contributed by atoms with van der Waals surface area (Å²) in [4.78, 5) is 0. The molecule has 2 N–H and O–H groups in total. The SMILES string of the molecule is CCCC(O)c1cccc(NS(=O)(=O)C2CCCC2)c1. The van der Waals surface area contributed by atoms with Crippen LogP contribution in [0.15, 0.2) is 24.3 Å². The van der Waals surface area contributed by atoms with Crippen molar-refractivity contribution >= 4 is 15.7 Å². The molecule has 1 aromatic carbocycles. The van der Waals surface area contributed by atoms with E-state index in [-0.39, 0.29) is 5.25 Å². The quantitative estimate of drug-likeness (QED) is 0.847. The van der Waals surface area contributed by atoms with Gasteiger partial charge in [0.1, 0.15) is 0 Å². The zero-order valence-corrected chi connectivity index (χ0v) is 12.7. The Morgan fingerprint density at radius 3 is 2.70 bits per heavy atom. The average molecular weight is 297 g/mol. The molecule has 1 aromatic rings. The predicted octanol–water partition coefficient (Wildman–Crippen LogP) is 3.20. The predicted molar refractivity (Wildman–Crippen MR) is 81.1 cm³/mol. The van der Waals surface area contributed by atoms with Gasteiger partial charge in [0.05, 0.1) is 11.4 Å².